The second-order valence-electron chi connectivity index (χ2n) is 6.87. The highest BCUT2D eigenvalue weighted by molar-refractivity contribution is 8.00. The van der Waals surface area contributed by atoms with Crippen molar-refractivity contribution in [3.8, 4) is 0 Å². The van der Waals surface area contributed by atoms with Crippen LogP contribution in [0.5, 0.6) is 0 Å². The summed E-state index contributed by atoms with van der Waals surface area (Å²) in [5, 5.41) is 6.09. The quantitative estimate of drug-likeness (QED) is 0.706. The van der Waals surface area contributed by atoms with Crippen LogP contribution in [0.1, 0.15) is 25.3 Å². The number of rotatable bonds is 5. The van der Waals surface area contributed by atoms with Gasteiger partial charge in [-0.1, -0.05) is 24.6 Å². The molecule has 3 rings (SSSR count). The van der Waals surface area contributed by atoms with E-state index in [0.29, 0.717) is 22.8 Å². The molecule has 1 atom stereocenters. The van der Waals surface area contributed by atoms with Crippen LogP contribution >= 0.6 is 23.4 Å². The van der Waals surface area contributed by atoms with E-state index < -0.39 is 15.7 Å². The number of sulfone groups is 1. The molecular weight excluding hydrogens is 432 g/mol. The van der Waals surface area contributed by atoms with Gasteiger partial charge in [-0.2, -0.15) is 0 Å². The third-order valence-corrected chi connectivity index (χ3v) is 7.83. The van der Waals surface area contributed by atoms with Crippen LogP contribution in [0.3, 0.4) is 0 Å². The van der Waals surface area contributed by atoms with Crippen LogP contribution in [0.4, 0.5) is 11.4 Å². The van der Waals surface area contributed by atoms with E-state index in [1.807, 2.05) is 6.92 Å². The Morgan fingerprint density at radius 3 is 2.83 bits per heavy atom. The molecule has 154 valence electrons. The average Bonchev–Trinajstić information content (AvgIpc) is 2.79. The number of thioether (sulfide) groups is 1. The molecule has 6 nitrogen and oxygen atoms in total. The summed E-state index contributed by atoms with van der Waals surface area (Å²) in [5.74, 6) is -0.893. The summed E-state index contributed by atoms with van der Waals surface area (Å²) < 4.78 is 25.4. The van der Waals surface area contributed by atoms with Gasteiger partial charge in [-0.15, -0.1) is 11.8 Å². The molecule has 1 aliphatic rings. The number of fused-ring (bicyclic) bond motifs is 1. The largest absolute Gasteiger partial charge is 0.326 e. The molecule has 2 N–H and O–H groups in total. The zero-order valence-corrected chi connectivity index (χ0v) is 18.4. The predicted octanol–water partition coefficient (Wildman–Crippen LogP) is 4.27. The maximum atomic E-state index is 12.7. The minimum atomic E-state index is -3.69. The molecule has 0 bridgehead atoms. The first-order valence-electron chi connectivity index (χ1n) is 9.04. The molecule has 9 heteroatoms. The Kier molecular flexibility index (Phi) is 6.55. The maximum absolute atomic E-state index is 12.7. The molecule has 0 aliphatic carbocycles. The molecule has 1 aliphatic heterocycles. The maximum Gasteiger partial charge on any atom is 0.225 e. The smallest absolute Gasteiger partial charge is 0.225 e. The summed E-state index contributed by atoms with van der Waals surface area (Å²) in [7, 11) is -3.69. The van der Waals surface area contributed by atoms with E-state index in [9.17, 15) is 18.0 Å². The Hall–Kier alpha value is -2.03. The van der Waals surface area contributed by atoms with E-state index in [1.165, 1.54) is 23.9 Å². The Balaban J connectivity index is 1.70. The normalized spacial score (nSPS) is 16.5. The lowest BCUT2D eigenvalue weighted by atomic mass is 10.2. The fraction of sp³-hybridized carbons (Fsp3) is 0.300. The van der Waals surface area contributed by atoms with E-state index >= 15 is 0 Å². The lowest BCUT2D eigenvalue weighted by Crippen LogP contribution is -2.18. The van der Waals surface area contributed by atoms with E-state index in [2.05, 4.69) is 10.6 Å². The molecule has 0 spiro atoms. The van der Waals surface area contributed by atoms with Gasteiger partial charge in [0.25, 0.3) is 0 Å². The lowest BCUT2D eigenvalue weighted by molar-refractivity contribution is -0.116. The molecule has 0 radical (unpaired) electrons. The van der Waals surface area contributed by atoms with Crippen molar-refractivity contribution < 1.29 is 18.0 Å². The number of hydrogen-bond acceptors (Lipinski definition) is 5. The van der Waals surface area contributed by atoms with Crippen LogP contribution in [0.15, 0.2) is 46.2 Å². The zero-order chi connectivity index (χ0) is 21.2. The van der Waals surface area contributed by atoms with Crippen LogP contribution in [-0.4, -0.2) is 31.2 Å². The number of amides is 2. The number of hydrogen-bond donors (Lipinski definition) is 2. The first kappa shape index (κ1) is 21.7. The molecule has 1 unspecified atom stereocenters. The fourth-order valence-corrected chi connectivity index (χ4v) is 5.41. The van der Waals surface area contributed by atoms with Gasteiger partial charge >= 0.3 is 0 Å². The van der Waals surface area contributed by atoms with Gasteiger partial charge in [-0.05, 0) is 42.8 Å². The molecular formula is C20H21ClN2O4S2. The highest BCUT2D eigenvalue weighted by Crippen LogP contribution is 2.36. The lowest BCUT2D eigenvalue weighted by Gasteiger charge is -2.11. The average molecular weight is 453 g/mol. The monoisotopic (exact) mass is 452 g/mol. The number of nitrogens with one attached hydrogen (secondary N) is 2. The Labute approximate surface area is 179 Å². The van der Waals surface area contributed by atoms with Crippen molar-refractivity contribution >= 4 is 56.4 Å². The van der Waals surface area contributed by atoms with Crippen molar-refractivity contribution in [3.63, 3.8) is 0 Å². The molecule has 1 heterocycles. The summed E-state index contributed by atoms with van der Waals surface area (Å²) in [4.78, 5) is 25.1. The first-order chi connectivity index (χ1) is 13.7. The van der Waals surface area contributed by atoms with Crippen molar-refractivity contribution in [1.29, 1.82) is 0 Å². The van der Waals surface area contributed by atoms with Crippen molar-refractivity contribution in [2.75, 3.05) is 16.4 Å². The SMILES string of the molecule is Cc1c(Cl)cccc1NC(=O)CCS(=O)(=O)c1ccc2c(c1)NC(=O)CC(C)S2. The first-order valence-corrected chi connectivity index (χ1v) is 11.9. The van der Waals surface area contributed by atoms with Crippen LogP contribution in [0.2, 0.25) is 5.02 Å². The highest BCUT2D eigenvalue weighted by Gasteiger charge is 2.23. The van der Waals surface area contributed by atoms with Crippen LogP contribution in [-0.2, 0) is 19.4 Å². The van der Waals surface area contributed by atoms with E-state index in [4.69, 9.17) is 11.6 Å². The fourth-order valence-electron chi connectivity index (χ4n) is 2.92. The van der Waals surface area contributed by atoms with E-state index in [0.717, 1.165) is 10.5 Å². The molecule has 2 aromatic carbocycles. The third kappa shape index (κ3) is 5.32. The number of benzene rings is 2. The van der Waals surface area contributed by atoms with Gasteiger partial charge in [0.2, 0.25) is 11.8 Å². The topological polar surface area (TPSA) is 92.3 Å². The number of halogens is 1. The van der Waals surface area contributed by atoms with Gasteiger partial charge < -0.3 is 10.6 Å². The second kappa shape index (κ2) is 8.77. The summed E-state index contributed by atoms with van der Waals surface area (Å²) in [6.07, 6.45) is 0.175. The third-order valence-electron chi connectivity index (χ3n) is 4.52. The van der Waals surface area contributed by atoms with Crippen LogP contribution in [0, 0.1) is 6.92 Å². The second-order valence-corrected chi connectivity index (χ2v) is 10.9. The minimum Gasteiger partial charge on any atom is -0.326 e. The number of anilines is 2. The highest BCUT2D eigenvalue weighted by atomic mass is 35.5. The van der Waals surface area contributed by atoms with Gasteiger partial charge in [0.1, 0.15) is 0 Å². The van der Waals surface area contributed by atoms with Gasteiger partial charge in [0.15, 0.2) is 9.84 Å². The zero-order valence-electron chi connectivity index (χ0n) is 16.0. The summed E-state index contributed by atoms with van der Waals surface area (Å²) in [6.45, 7) is 3.72. The standard InChI is InChI=1S/C20H21ClN2O4S2/c1-12-10-20(25)23-17-11-14(6-7-18(17)28-12)29(26,27)9-8-19(24)22-16-5-3-4-15(21)13(16)2/h3-7,11-12H,8-10H2,1-2H3,(H,22,24)(H,23,25). The van der Waals surface area contributed by atoms with E-state index in [1.54, 1.807) is 31.2 Å². The van der Waals surface area contributed by atoms with Crippen molar-refractivity contribution in [1.82, 2.24) is 0 Å². The predicted molar refractivity (Wildman–Crippen MR) is 116 cm³/mol. The summed E-state index contributed by atoms with van der Waals surface area (Å²) in [5.41, 5.74) is 1.77. The van der Waals surface area contributed by atoms with Crippen LogP contribution in [0.25, 0.3) is 0 Å². The Morgan fingerprint density at radius 1 is 1.31 bits per heavy atom. The van der Waals surface area contributed by atoms with Gasteiger partial charge in [-0.25, -0.2) is 8.42 Å². The Morgan fingerprint density at radius 2 is 2.07 bits per heavy atom. The van der Waals surface area contributed by atoms with Crippen molar-refractivity contribution in [2.24, 2.45) is 0 Å². The number of carbonyl (C=O) groups excluding carboxylic acids is 2. The van der Waals surface area contributed by atoms with Crippen molar-refractivity contribution in [2.45, 2.75) is 41.7 Å². The molecule has 0 saturated carbocycles. The van der Waals surface area contributed by atoms with Crippen LogP contribution < -0.4 is 10.6 Å². The van der Waals surface area contributed by atoms with Gasteiger partial charge in [0.05, 0.1) is 16.3 Å². The molecule has 0 saturated heterocycles. The molecule has 29 heavy (non-hydrogen) atoms. The molecule has 2 aromatic rings. The van der Waals surface area contributed by atoms with Gasteiger partial charge in [0, 0.05) is 33.7 Å². The minimum absolute atomic E-state index is 0.0819. The molecule has 2 amide bonds. The Bertz CT molecular complexity index is 1070. The van der Waals surface area contributed by atoms with Crippen molar-refractivity contribution in [3.05, 3.63) is 47.0 Å². The number of carbonyl (C=O) groups is 2. The summed E-state index contributed by atoms with van der Waals surface area (Å²) >= 11 is 7.56. The molecule has 0 aromatic heterocycles. The summed E-state index contributed by atoms with van der Waals surface area (Å²) in [6, 6.07) is 9.82. The van der Waals surface area contributed by atoms with Gasteiger partial charge in [-0.3, -0.25) is 9.59 Å². The molecule has 0 fully saturated rings. The van der Waals surface area contributed by atoms with E-state index in [-0.39, 0.29) is 28.2 Å².